The van der Waals surface area contributed by atoms with Crippen LogP contribution >= 0.6 is 0 Å². The average molecular weight is 367 g/mol. The molecule has 1 N–H and O–H groups in total. The highest BCUT2D eigenvalue weighted by atomic mass is 16.6. The van der Waals surface area contributed by atoms with Crippen molar-refractivity contribution in [1.29, 1.82) is 0 Å². The molecule has 0 bridgehead atoms. The fourth-order valence-corrected chi connectivity index (χ4v) is 2.63. The standard InChI is InChI=1S/C20H21N3O4/c1-4-26-19(24)11-27-18-10-16-15(9-17(18)25-3)20(22-12-21-16)23-14-7-5-6-13(2)8-14/h5-10,12H,4,11H2,1-3H3,(H,21,22,23). The molecule has 3 rings (SSSR count). The summed E-state index contributed by atoms with van der Waals surface area (Å²) in [6.45, 7) is 3.88. The van der Waals surface area contributed by atoms with E-state index in [-0.39, 0.29) is 6.61 Å². The molecule has 27 heavy (non-hydrogen) atoms. The molecule has 0 spiro atoms. The summed E-state index contributed by atoms with van der Waals surface area (Å²) >= 11 is 0. The molecule has 0 saturated heterocycles. The maximum atomic E-state index is 11.5. The van der Waals surface area contributed by atoms with E-state index < -0.39 is 5.97 Å². The van der Waals surface area contributed by atoms with Crippen molar-refractivity contribution >= 4 is 28.4 Å². The number of aryl methyl sites for hydroxylation is 1. The molecule has 0 amide bonds. The average Bonchev–Trinajstić information content (AvgIpc) is 2.66. The molecule has 0 saturated carbocycles. The van der Waals surface area contributed by atoms with Gasteiger partial charge in [-0.2, -0.15) is 0 Å². The number of carbonyl (C=O) groups is 1. The van der Waals surface area contributed by atoms with Gasteiger partial charge in [-0.1, -0.05) is 12.1 Å². The number of carbonyl (C=O) groups excluding carboxylic acids is 1. The molecular weight excluding hydrogens is 346 g/mol. The quantitative estimate of drug-likeness (QED) is 0.639. The predicted molar refractivity (Wildman–Crippen MR) is 103 cm³/mol. The minimum absolute atomic E-state index is 0.199. The van der Waals surface area contributed by atoms with Crippen LogP contribution in [-0.4, -0.2) is 36.3 Å². The molecule has 0 atom stereocenters. The summed E-state index contributed by atoms with van der Waals surface area (Å²) in [7, 11) is 1.54. The zero-order valence-electron chi connectivity index (χ0n) is 15.5. The lowest BCUT2D eigenvalue weighted by atomic mass is 10.2. The molecular formula is C20H21N3O4. The molecule has 7 heteroatoms. The largest absolute Gasteiger partial charge is 0.493 e. The molecule has 140 valence electrons. The van der Waals surface area contributed by atoms with E-state index in [2.05, 4.69) is 15.3 Å². The number of aromatic nitrogens is 2. The van der Waals surface area contributed by atoms with Crippen LogP contribution in [0.2, 0.25) is 0 Å². The third-order valence-corrected chi connectivity index (χ3v) is 3.85. The van der Waals surface area contributed by atoms with E-state index in [1.165, 1.54) is 13.4 Å². The highest BCUT2D eigenvalue weighted by Crippen LogP contribution is 2.34. The van der Waals surface area contributed by atoms with Gasteiger partial charge in [0.25, 0.3) is 0 Å². The second-order valence-corrected chi connectivity index (χ2v) is 5.83. The number of benzene rings is 2. The van der Waals surface area contributed by atoms with Gasteiger partial charge in [0.05, 0.1) is 19.2 Å². The van der Waals surface area contributed by atoms with E-state index in [0.29, 0.717) is 29.4 Å². The molecule has 0 radical (unpaired) electrons. The summed E-state index contributed by atoms with van der Waals surface area (Å²) in [4.78, 5) is 20.2. The van der Waals surface area contributed by atoms with E-state index in [1.807, 2.05) is 31.2 Å². The molecule has 3 aromatic rings. The third-order valence-electron chi connectivity index (χ3n) is 3.85. The number of esters is 1. The molecule has 2 aromatic carbocycles. The summed E-state index contributed by atoms with van der Waals surface area (Å²) in [5.74, 6) is 1.11. The van der Waals surface area contributed by atoms with Gasteiger partial charge in [-0.25, -0.2) is 14.8 Å². The Bertz CT molecular complexity index is 959. The fourth-order valence-electron chi connectivity index (χ4n) is 2.63. The van der Waals surface area contributed by atoms with Gasteiger partial charge in [-0.3, -0.25) is 0 Å². The highest BCUT2D eigenvalue weighted by molar-refractivity contribution is 5.93. The number of ether oxygens (including phenoxy) is 3. The Balaban J connectivity index is 1.92. The molecule has 0 aliphatic rings. The lowest BCUT2D eigenvalue weighted by Gasteiger charge is -2.13. The van der Waals surface area contributed by atoms with Gasteiger partial charge in [0.1, 0.15) is 12.1 Å². The lowest BCUT2D eigenvalue weighted by molar-refractivity contribution is -0.145. The number of anilines is 2. The van der Waals surface area contributed by atoms with E-state index in [1.54, 1.807) is 19.1 Å². The molecule has 1 aromatic heterocycles. The van der Waals surface area contributed by atoms with Gasteiger partial charge in [0.2, 0.25) is 0 Å². The number of fused-ring (bicyclic) bond motifs is 1. The monoisotopic (exact) mass is 367 g/mol. The van der Waals surface area contributed by atoms with Gasteiger partial charge >= 0.3 is 5.97 Å². The van der Waals surface area contributed by atoms with Crippen LogP contribution in [0.25, 0.3) is 10.9 Å². The van der Waals surface area contributed by atoms with E-state index in [4.69, 9.17) is 14.2 Å². The van der Waals surface area contributed by atoms with Crippen LogP contribution in [0.4, 0.5) is 11.5 Å². The third kappa shape index (κ3) is 4.44. The minimum atomic E-state index is -0.441. The van der Waals surface area contributed by atoms with Crippen molar-refractivity contribution in [3.63, 3.8) is 0 Å². The molecule has 0 unspecified atom stereocenters. The first-order valence-corrected chi connectivity index (χ1v) is 8.55. The van der Waals surface area contributed by atoms with Crippen LogP contribution in [0.15, 0.2) is 42.7 Å². The fraction of sp³-hybridized carbons (Fsp3) is 0.250. The van der Waals surface area contributed by atoms with Crippen LogP contribution in [0, 0.1) is 6.92 Å². The normalized spacial score (nSPS) is 10.5. The Morgan fingerprint density at radius 2 is 2.00 bits per heavy atom. The van der Waals surface area contributed by atoms with E-state index >= 15 is 0 Å². The number of methoxy groups -OCH3 is 1. The Labute approximate surface area is 157 Å². The van der Waals surface area contributed by atoms with Crippen molar-refractivity contribution in [2.75, 3.05) is 25.6 Å². The second kappa shape index (κ2) is 8.35. The summed E-state index contributed by atoms with van der Waals surface area (Å²) in [6, 6.07) is 11.5. The maximum absolute atomic E-state index is 11.5. The SMILES string of the molecule is CCOC(=O)COc1cc2ncnc(Nc3cccc(C)c3)c2cc1OC. The smallest absolute Gasteiger partial charge is 0.344 e. The van der Waals surface area contributed by atoms with Crippen LogP contribution < -0.4 is 14.8 Å². The van der Waals surface area contributed by atoms with Gasteiger partial charge in [-0.05, 0) is 37.6 Å². The lowest BCUT2D eigenvalue weighted by Crippen LogP contribution is -2.15. The number of nitrogens with zero attached hydrogens (tertiary/aromatic N) is 2. The number of hydrogen-bond donors (Lipinski definition) is 1. The van der Waals surface area contributed by atoms with Gasteiger partial charge in [0, 0.05) is 17.1 Å². The summed E-state index contributed by atoms with van der Waals surface area (Å²) < 4.78 is 15.8. The highest BCUT2D eigenvalue weighted by Gasteiger charge is 2.13. The number of hydrogen-bond acceptors (Lipinski definition) is 7. The van der Waals surface area contributed by atoms with Crippen molar-refractivity contribution in [2.24, 2.45) is 0 Å². The first-order chi connectivity index (χ1) is 13.1. The summed E-state index contributed by atoms with van der Waals surface area (Å²) in [5.41, 5.74) is 2.74. The van der Waals surface area contributed by atoms with Crippen molar-refractivity contribution < 1.29 is 19.0 Å². The zero-order valence-corrected chi connectivity index (χ0v) is 15.5. The maximum Gasteiger partial charge on any atom is 0.344 e. The van der Waals surface area contributed by atoms with Crippen LogP contribution in [0.3, 0.4) is 0 Å². The van der Waals surface area contributed by atoms with Crippen LogP contribution in [-0.2, 0) is 9.53 Å². The first kappa shape index (κ1) is 18.4. The van der Waals surface area contributed by atoms with E-state index in [0.717, 1.165) is 16.6 Å². The molecule has 1 heterocycles. The molecule has 0 fully saturated rings. The number of nitrogens with one attached hydrogen (secondary N) is 1. The number of rotatable bonds is 7. The molecule has 0 aliphatic carbocycles. The van der Waals surface area contributed by atoms with Crippen molar-refractivity contribution in [1.82, 2.24) is 9.97 Å². The summed E-state index contributed by atoms with van der Waals surface area (Å²) in [6.07, 6.45) is 1.47. The van der Waals surface area contributed by atoms with Crippen LogP contribution in [0.1, 0.15) is 12.5 Å². The Morgan fingerprint density at radius 1 is 1.15 bits per heavy atom. The van der Waals surface area contributed by atoms with Crippen LogP contribution in [0.5, 0.6) is 11.5 Å². The van der Waals surface area contributed by atoms with E-state index in [9.17, 15) is 4.79 Å². The van der Waals surface area contributed by atoms with Gasteiger partial charge in [0.15, 0.2) is 18.1 Å². The first-order valence-electron chi connectivity index (χ1n) is 8.55. The Hall–Kier alpha value is -3.35. The van der Waals surface area contributed by atoms with Crippen molar-refractivity contribution in [2.45, 2.75) is 13.8 Å². The zero-order chi connectivity index (χ0) is 19.2. The Morgan fingerprint density at radius 3 is 2.74 bits per heavy atom. The van der Waals surface area contributed by atoms with Crippen molar-refractivity contribution in [3.05, 3.63) is 48.3 Å². The van der Waals surface area contributed by atoms with Crippen molar-refractivity contribution in [3.8, 4) is 11.5 Å². The molecule has 7 nitrogen and oxygen atoms in total. The topological polar surface area (TPSA) is 82.6 Å². The second-order valence-electron chi connectivity index (χ2n) is 5.83. The predicted octanol–water partition coefficient (Wildman–Crippen LogP) is 3.63. The van der Waals surface area contributed by atoms with Gasteiger partial charge in [-0.15, -0.1) is 0 Å². The Kier molecular flexibility index (Phi) is 5.71. The molecule has 0 aliphatic heterocycles. The minimum Gasteiger partial charge on any atom is -0.493 e. The van der Waals surface area contributed by atoms with Gasteiger partial charge < -0.3 is 19.5 Å². The summed E-state index contributed by atoms with van der Waals surface area (Å²) in [5, 5.41) is 4.08.